The van der Waals surface area contributed by atoms with E-state index in [1.54, 1.807) is 20.9 Å². The van der Waals surface area contributed by atoms with Crippen molar-refractivity contribution >= 4 is 6.48 Å². The Kier molecular flexibility index (Phi) is 8.88. The second kappa shape index (κ2) is 12.8. The first-order valence-corrected chi connectivity index (χ1v) is 19.5. The molecule has 0 saturated carbocycles. The van der Waals surface area contributed by atoms with E-state index in [0.29, 0.717) is 11.8 Å². The Balaban J connectivity index is 1.63. The van der Waals surface area contributed by atoms with E-state index in [-0.39, 0.29) is 0 Å². The van der Waals surface area contributed by atoms with Crippen LogP contribution < -0.4 is 3.27 Å². The molecule has 0 aromatic heterocycles. The molecule has 0 N–H and O–H groups in total. The van der Waals surface area contributed by atoms with Crippen LogP contribution in [0.1, 0.15) is 66.1 Å². The maximum absolute atomic E-state index is 2.55. The van der Waals surface area contributed by atoms with E-state index in [1.165, 1.54) is 45.4 Å². The summed E-state index contributed by atoms with van der Waals surface area (Å²) in [7, 11) is 0. The van der Waals surface area contributed by atoms with Gasteiger partial charge in [-0.25, -0.2) is 0 Å². The summed E-state index contributed by atoms with van der Waals surface area (Å²) in [6.07, 6.45) is 12.8. The van der Waals surface area contributed by atoms with Crippen molar-refractivity contribution in [1.82, 2.24) is 0 Å². The number of hydrogen-bond donors (Lipinski definition) is 0. The molecular formula is C41H44Zr. The SMILES string of the molecule is Cc1cc2c(cc1C)-c1ccc(CC(C)C(C)C)[c]([Zr]([C]3=CC=CC3)=[C](Cc3ccccc3)Cc3ccccc3)c1C2. The molecule has 1 heteroatoms. The summed E-state index contributed by atoms with van der Waals surface area (Å²) in [6.45, 7) is 11.8. The molecule has 0 bridgehead atoms. The molecular weight excluding hydrogens is 584 g/mol. The third kappa shape index (κ3) is 6.10. The van der Waals surface area contributed by atoms with Crippen LogP contribution in [0.4, 0.5) is 0 Å². The third-order valence-electron chi connectivity index (χ3n) is 9.67. The predicted molar refractivity (Wildman–Crippen MR) is 179 cm³/mol. The molecule has 1 atom stereocenters. The Bertz CT molecular complexity index is 1640. The molecule has 0 aliphatic heterocycles. The van der Waals surface area contributed by atoms with Crippen LogP contribution in [-0.4, -0.2) is 3.21 Å². The molecule has 0 fully saturated rings. The second-order valence-corrected chi connectivity index (χ2v) is 19.3. The third-order valence-corrected chi connectivity index (χ3v) is 17.5. The first-order chi connectivity index (χ1) is 20.4. The average Bonchev–Trinajstić information content (AvgIpc) is 3.64. The van der Waals surface area contributed by atoms with Crippen LogP contribution in [0.2, 0.25) is 0 Å². The van der Waals surface area contributed by atoms with Gasteiger partial charge < -0.3 is 0 Å². The van der Waals surface area contributed by atoms with Crippen molar-refractivity contribution in [2.24, 2.45) is 11.8 Å². The van der Waals surface area contributed by atoms with Crippen molar-refractivity contribution in [2.45, 2.75) is 66.7 Å². The van der Waals surface area contributed by atoms with E-state index in [9.17, 15) is 0 Å². The predicted octanol–water partition coefficient (Wildman–Crippen LogP) is 9.45. The number of hydrogen-bond acceptors (Lipinski definition) is 0. The van der Waals surface area contributed by atoms with Crippen LogP contribution in [0.25, 0.3) is 11.1 Å². The van der Waals surface area contributed by atoms with Gasteiger partial charge in [0.05, 0.1) is 0 Å². The summed E-state index contributed by atoms with van der Waals surface area (Å²) in [5.41, 5.74) is 13.5. The van der Waals surface area contributed by atoms with E-state index < -0.39 is 21.3 Å². The van der Waals surface area contributed by atoms with Gasteiger partial charge in [0, 0.05) is 0 Å². The molecule has 6 rings (SSSR count). The molecule has 4 aromatic rings. The Morgan fingerprint density at radius 2 is 1.40 bits per heavy atom. The number of rotatable bonds is 9. The van der Waals surface area contributed by atoms with Crippen molar-refractivity contribution < 1.29 is 21.3 Å². The van der Waals surface area contributed by atoms with Gasteiger partial charge >= 0.3 is 263 Å². The fourth-order valence-corrected chi connectivity index (χ4v) is 15.4. The number of aryl methyl sites for hydroxylation is 2. The van der Waals surface area contributed by atoms with Crippen molar-refractivity contribution in [3.63, 3.8) is 0 Å². The minimum atomic E-state index is -2.55. The molecule has 0 radical (unpaired) electrons. The van der Waals surface area contributed by atoms with Crippen LogP contribution in [-0.2, 0) is 47.0 Å². The molecule has 0 saturated heterocycles. The van der Waals surface area contributed by atoms with E-state index >= 15 is 0 Å². The molecule has 0 nitrogen and oxygen atoms in total. The Morgan fingerprint density at radius 3 is 2.00 bits per heavy atom. The molecule has 0 amide bonds. The molecule has 1 unspecified atom stereocenters. The fourth-order valence-electron chi connectivity index (χ4n) is 6.78. The van der Waals surface area contributed by atoms with E-state index in [2.05, 4.69) is 138 Å². The Labute approximate surface area is 261 Å². The van der Waals surface area contributed by atoms with Crippen LogP contribution in [0.3, 0.4) is 0 Å². The fraction of sp³-hybridized carbons (Fsp3) is 0.293. The normalized spacial score (nSPS) is 14.1. The minimum absolute atomic E-state index is 0.655. The summed E-state index contributed by atoms with van der Waals surface area (Å²) in [5, 5.41) is 0. The molecule has 2 aliphatic carbocycles. The summed E-state index contributed by atoms with van der Waals surface area (Å²) in [6, 6.07) is 32.5. The van der Waals surface area contributed by atoms with Gasteiger partial charge in [0.1, 0.15) is 0 Å². The summed E-state index contributed by atoms with van der Waals surface area (Å²) < 4.78 is 5.35. The average molecular weight is 628 g/mol. The number of benzene rings is 4. The zero-order valence-corrected chi connectivity index (χ0v) is 28.5. The van der Waals surface area contributed by atoms with Crippen LogP contribution in [0.5, 0.6) is 0 Å². The van der Waals surface area contributed by atoms with E-state index in [0.717, 1.165) is 25.7 Å². The van der Waals surface area contributed by atoms with Crippen LogP contribution >= 0.6 is 0 Å². The molecule has 4 aromatic carbocycles. The van der Waals surface area contributed by atoms with Crippen LogP contribution in [0, 0.1) is 25.7 Å². The molecule has 0 heterocycles. The topological polar surface area (TPSA) is 0 Å². The first kappa shape index (κ1) is 29.2. The Morgan fingerprint density at radius 1 is 0.762 bits per heavy atom. The van der Waals surface area contributed by atoms with Gasteiger partial charge in [-0.05, 0) is 0 Å². The maximum atomic E-state index is 2.55. The zero-order valence-electron chi connectivity index (χ0n) is 26.0. The Hall–Kier alpha value is -2.89. The van der Waals surface area contributed by atoms with Gasteiger partial charge in [-0.15, -0.1) is 0 Å². The monoisotopic (exact) mass is 626 g/mol. The molecule has 2 aliphatic rings. The van der Waals surface area contributed by atoms with Gasteiger partial charge in [-0.3, -0.25) is 0 Å². The molecule has 0 spiro atoms. The quantitative estimate of drug-likeness (QED) is 0.153. The summed E-state index contributed by atoms with van der Waals surface area (Å²) >= 11 is -2.55. The van der Waals surface area contributed by atoms with Gasteiger partial charge in [-0.2, -0.15) is 0 Å². The van der Waals surface area contributed by atoms with Gasteiger partial charge in [0.2, 0.25) is 0 Å². The molecule has 42 heavy (non-hydrogen) atoms. The number of fused-ring (bicyclic) bond motifs is 3. The number of allylic oxidation sites excluding steroid dienone is 4. The first-order valence-electron chi connectivity index (χ1n) is 15.8. The standard InChI is InChI=1S/C21H25.C15H14.C5H5.Zr/c1-13(2)14(3)8-17-6-7-20-19(11-17)12-18-9-15(4)16(5)10-21(18)20;1-3-8-14(9-4-1)12-7-13-15-10-5-2-6-11-15;1-2-4-5-3-1;/h6-7,9-10,13-14H,8,12H2,1-5H3;1-6,8-11H,12-13H2;1-3H,4H2;. The second-order valence-electron chi connectivity index (χ2n) is 12.9. The van der Waals surface area contributed by atoms with Crippen molar-refractivity contribution in [3.8, 4) is 11.1 Å². The van der Waals surface area contributed by atoms with Gasteiger partial charge in [-0.1, -0.05) is 0 Å². The summed E-state index contributed by atoms with van der Waals surface area (Å²) in [5.74, 6) is 1.33. The van der Waals surface area contributed by atoms with Crippen molar-refractivity contribution in [1.29, 1.82) is 0 Å². The summed E-state index contributed by atoms with van der Waals surface area (Å²) in [4.78, 5) is 0. The zero-order chi connectivity index (χ0) is 29.2. The van der Waals surface area contributed by atoms with Crippen molar-refractivity contribution in [2.75, 3.05) is 0 Å². The molecule has 212 valence electrons. The van der Waals surface area contributed by atoms with E-state index in [1.807, 2.05) is 0 Å². The van der Waals surface area contributed by atoms with E-state index in [4.69, 9.17) is 0 Å². The van der Waals surface area contributed by atoms with Crippen LogP contribution in [0.15, 0.2) is 106 Å². The van der Waals surface area contributed by atoms with Gasteiger partial charge in [0.15, 0.2) is 0 Å². The van der Waals surface area contributed by atoms with Crippen molar-refractivity contribution in [3.05, 3.63) is 145 Å². The van der Waals surface area contributed by atoms with Gasteiger partial charge in [0.25, 0.3) is 0 Å².